The molecule has 0 unspecified atom stereocenters. The molecule has 0 N–H and O–H groups in total. The Morgan fingerprint density at radius 3 is 2.21 bits per heavy atom. The maximum absolute atomic E-state index is 13.6. The van der Waals surface area contributed by atoms with Crippen LogP contribution in [0.1, 0.15) is 44.6 Å². The highest BCUT2D eigenvalue weighted by Crippen LogP contribution is 2.38. The molecule has 2 aromatic carbocycles. The van der Waals surface area contributed by atoms with Gasteiger partial charge in [-0.25, -0.2) is 13.6 Å². The number of hydrogen-bond donors (Lipinski definition) is 0. The van der Waals surface area contributed by atoms with Crippen molar-refractivity contribution < 1.29 is 23.0 Å². The van der Waals surface area contributed by atoms with Gasteiger partial charge >= 0.3 is 5.97 Å². The Morgan fingerprint density at radius 2 is 1.67 bits per heavy atom. The molecular weight excluding hydrogens is 314 g/mol. The van der Waals surface area contributed by atoms with Crippen LogP contribution in [0.15, 0.2) is 30.3 Å². The Balaban J connectivity index is 2.51. The summed E-state index contributed by atoms with van der Waals surface area (Å²) in [5.41, 5.74) is 1.91. The Morgan fingerprint density at radius 1 is 1.04 bits per heavy atom. The van der Waals surface area contributed by atoms with Crippen molar-refractivity contribution in [2.45, 2.75) is 33.8 Å². The molecule has 3 nitrogen and oxygen atoms in total. The molecule has 24 heavy (non-hydrogen) atoms. The van der Waals surface area contributed by atoms with E-state index in [4.69, 9.17) is 4.74 Å². The van der Waals surface area contributed by atoms with E-state index >= 15 is 0 Å². The molecular formula is C19H20F2O3. The number of halogens is 2. The second-order valence-electron chi connectivity index (χ2n) is 5.56. The molecule has 128 valence electrons. The van der Waals surface area contributed by atoms with E-state index in [0.29, 0.717) is 16.9 Å². The van der Waals surface area contributed by atoms with Crippen molar-refractivity contribution in [3.63, 3.8) is 0 Å². The largest absolute Gasteiger partial charge is 0.488 e. The molecule has 5 heteroatoms. The Hall–Kier alpha value is -2.43. The Labute approximate surface area is 140 Å². The second-order valence-corrected chi connectivity index (χ2v) is 5.56. The normalized spacial score (nSPS) is 10.8. The number of alkyl halides is 2. The SMILES string of the molecule is COC(=O)c1c(C)c(C)c(OCc2ccccc2)c(C)c1C(F)F. The average Bonchev–Trinajstić information content (AvgIpc) is 2.57. The summed E-state index contributed by atoms with van der Waals surface area (Å²) in [7, 11) is 1.18. The zero-order valence-corrected chi connectivity index (χ0v) is 14.2. The lowest BCUT2D eigenvalue weighted by atomic mass is 9.92. The number of hydrogen-bond acceptors (Lipinski definition) is 3. The summed E-state index contributed by atoms with van der Waals surface area (Å²) in [5.74, 6) is -0.372. The fraction of sp³-hybridized carbons (Fsp3) is 0.316. The molecule has 0 bridgehead atoms. The maximum atomic E-state index is 13.6. The van der Waals surface area contributed by atoms with Crippen LogP contribution in [0.2, 0.25) is 0 Å². The van der Waals surface area contributed by atoms with Crippen molar-refractivity contribution in [1.29, 1.82) is 0 Å². The van der Waals surface area contributed by atoms with Gasteiger partial charge in [-0.2, -0.15) is 0 Å². The zero-order chi connectivity index (χ0) is 17.9. The van der Waals surface area contributed by atoms with Gasteiger partial charge in [-0.1, -0.05) is 30.3 Å². The van der Waals surface area contributed by atoms with E-state index in [-0.39, 0.29) is 23.3 Å². The van der Waals surface area contributed by atoms with E-state index in [1.54, 1.807) is 20.8 Å². The first-order chi connectivity index (χ1) is 11.4. The molecule has 0 aliphatic carbocycles. The molecule has 0 saturated heterocycles. The van der Waals surface area contributed by atoms with Gasteiger partial charge in [0.1, 0.15) is 12.4 Å². The second kappa shape index (κ2) is 7.43. The summed E-state index contributed by atoms with van der Waals surface area (Å²) < 4.78 is 37.6. The monoisotopic (exact) mass is 334 g/mol. The van der Waals surface area contributed by atoms with E-state index in [0.717, 1.165) is 5.56 Å². The van der Waals surface area contributed by atoms with Crippen molar-refractivity contribution in [2.75, 3.05) is 7.11 Å². The molecule has 0 radical (unpaired) electrons. The van der Waals surface area contributed by atoms with E-state index in [1.165, 1.54) is 7.11 Å². The summed E-state index contributed by atoms with van der Waals surface area (Å²) in [6.45, 7) is 5.19. The number of carbonyl (C=O) groups excluding carboxylic acids is 1. The van der Waals surface area contributed by atoms with Crippen LogP contribution in [0.25, 0.3) is 0 Å². The summed E-state index contributed by atoms with van der Waals surface area (Å²) in [4.78, 5) is 12.0. The predicted molar refractivity (Wildman–Crippen MR) is 87.7 cm³/mol. The van der Waals surface area contributed by atoms with Gasteiger partial charge in [0, 0.05) is 11.1 Å². The predicted octanol–water partition coefficient (Wildman–Crippen LogP) is 4.92. The van der Waals surface area contributed by atoms with Crippen molar-refractivity contribution >= 4 is 5.97 Å². The first kappa shape index (κ1) is 17.9. The third-order valence-corrected chi connectivity index (χ3v) is 4.13. The molecule has 0 heterocycles. The molecule has 2 rings (SSSR count). The summed E-state index contributed by atoms with van der Waals surface area (Å²) in [5, 5.41) is 0. The molecule has 0 aromatic heterocycles. The number of rotatable bonds is 5. The molecule has 0 saturated carbocycles. The van der Waals surface area contributed by atoms with Gasteiger partial charge in [0.25, 0.3) is 6.43 Å². The smallest absolute Gasteiger partial charge is 0.338 e. The lowest BCUT2D eigenvalue weighted by Crippen LogP contribution is -2.13. The van der Waals surface area contributed by atoms with Crippen LogP contribution in [0.4, 0.5) is 8.78 Å². The van der Waals surface area contributed by atoms with Gasteiger partial charge in [0.15, 0.2) is 0 Å². The topological polar surface area (TPSA) is 35.5 Å². The maximum Gasteiger partial charge on any atom is 0.338 e. The highest BCUT2D eigenvalue weighted by Gasteiger charge is 2.28. The minimum Gasteiger partial charge on any atom is -0.488 e. The van der Waals surface area contributed by atoms with Crippen molar-refractivity contribution in [1.82, 2.24) is 0 Å². The lowest BCUT2D eigenvalue weighted by Gasteiger charge is -2.21. The van der Waals surface area contributed by atoms with Crippen molar-refractivity contribution in [3.05, 3.63) is 63.7 Å². The van der Waals surface area contributed by atoms with Crippen molar-refractivity contribution in [2.24, 2.45) is 0 Å². The lowest BCUT2D eigenvalue weighted by molar-refractivity contribution is 0.0587. The number of esters is 1. The van der Waals surface area contributed by atoms with Crippen LogP contribution >= 0.6 is 0 Å². The molecule has 2 aromatic rings. The highest BCUT2D eigenvalue weighted by molar-refractivity contribution is 5.94. The number of ether oxygens (including phenoxy) is 2. The third kappa shape index (κ3) is 3.40. The van der Waals surface area contributed by atoms with Gasteiger partial charge in [0.05, 0.1) is 12.7 Å². The summed E-state index contributed by atoms with van der Waals surface area (Å²) in [6.07, 6.45) is -2.79. The van der Waals surface area contributed by atoms with E-state index in [1.807, 2.05) is 30.3 Å². The summed E-state index contributed by atoms with van der Waals surface area (Å²) in [6, 6.07) is 9.45. The van der Waals surface area contributed by atoms with Crippen LogP contribution in [0, 0.1) is 20.8 Å². The fourth-order valence-electron chi connectivity index (χ4n) is 2.73. The van der Waals surface area contributed by atoms with Crippen molar-refractivity contribution in [3.8, 4) is 5.75 Å². The van der Waals surface area contributed by atoms with Crippen LogP contribution in [0.3, 0.4) is 0 Å². The van der Waals surface area contributed by atoms with Gasteiger partial charge in [-0.05, 0) is 37.5 Å². The molecule has 0 fully saturated rings. The summed E-state index contributed by atoms with van der Waals surface area (Å²) >= 11 is 0. The van der Waals surface area contributed by atoms with E-state index < -0.39 is 12.4 Å². The molecule has 0 atom stereocenters. The van der Waals surface area contributed by atoms with E-state index in [2.05, 4.69) is 4.74 Å². The molecule has 0 amide bonds. The minimum absolute atomic E-state index is 0.0745. The minimum atomic E-state index is -2.79. The van der Waals surface area contributed by atoms with Crippen LogP contribution in [-0.4, -0.2) is 13.1 Å². The van der Waals surface area contributed by atoms with Crippen LogP contribution in [0.5, 0.6) is 5.75 Å². The van der Waals surface area contributed by atoms with Crippen LogP contribution in [-0.2, 0) is 11.3 Å². The zero-order valence-electron chi connectivity index (χ0n) is 14.2. The van der Waals surface area contributed by atoms with Gasteiger partial charge < -0.3 is 9.47 Å². The van der Waals surface area contributed by atoms with E-state index in [9.17, 15) is 13.6 Å². The number of carbonyl (C=O) groups is 1. The van der Waals surface area contributed by atoms with Gasteiger partial charge in [-0.3, -0.25) is 0 Å². The third-order valence-electron chi connectivity index (χ3n) is 4.13. The first-order valence-electron chi connectivity index (χ1n) is 7.55. The van der Waals surface area contributed by atoms with Gasteiger partial charge in [-0.15, -0.1) is 0 Å². The molecule has 0 spiro atoms. The standard InChI is InChI=1S/C19H20F2O3/c1-11-12(2)17(24-10-14-8-6-5-7-9-14)13(3)15(18(20)21)16(11)19(22)23-4/h5-9,18H,10H2,1-4H3. The highest BCUT2D eigenvalue weighted by atomic mass is 19.3. The fourth-order valence-corrected chi connectivity index (χ4v) is 2.73. The number of benzene rings is 2. The molecule has 0 aliphatic rings. The van der Waals surface area contributed by atoms with Crippen LogP contribution < -0.4 is 4.74 Å². The quantitative estimate of drug-likeness (QED) is 0.729. The Kier molecular flexibility index (Phi) is 5.54. The van der Waals surface area contributed by atoms with Gasteiger partial charge in [0.2, 0.25) is 0 Å². The average molecular weight is 334 g/mol. The Bertz CT molecular complexity index is 740. The first-order valence-corrected chi connectivity index (χ1v) is 7.55. The number of methoxy groups -OCH3 is 1. The molecule has 0 aliphatic heterocycles.